The molecule has 234 valence electrons. The molecule has 3 heterocycles. The molecule has 0 unspecified atom stereocenters. The van der Waals surface area contributed by atoms with Gasteiger partial charge in [-0.2, -0.15) is 0 Å². The summed E-state index contributed by atoms with van der Waals surface area (Å²) in [6.45, 7) is 0. The number of furan rings is 1. The van der Waals surface area contributed by atoms with Gasteiger partial charge in [0.15, 0.2) is 0 Å². The molecule has 8 aromatic carbocycles. The predicted molar refractivity (Wildman–Crippen MR) is 213 cm³/mol. The molecule has 0 aliphatic heterocycles. The average Bonchev–Trinajstić information content (AvgIpc) is 3.83. The van der Waals surface area contributed by atoms with Crippen molar-refractivity contribution in [1.82, 2.24) is 4.57 Å². The number of thiophene rings is 1. The minimum Gasteiger partial charge on any atom is -0.456 e. The molecule has 0 saturated carbocycles. The fourth-order valence-electron chi connectivity index (χ4n) is 7.84. The van der Waals surface area contributed by atoms with Gasteiger partial charge >= 0.3 is 0 Å². The minimum atomic E-state index is 0.880. The zero-order chi connectivity index (χ0) is 32.8. The molecule has 11 aromatic rings. The molecule has 0 fully saturated rings. The maximum Gasteiger partial charge on any atom is 0.137 e. The third-order valence-corrected chi connectivity index (χ3v) is 11.3. The van der Waals surface area contributed by atoms with Crippen molar-refractivity contribution in [3.05, 3.63) is 170 Å². The maximum atomic E-state index is 6.38. The van der Waals surface area contributed by atoms with Crippen molar-refractivity contribution in [2.24, 2.45) is 0 Å². The van der Waals surface area contributed by atoms with Gasteiger partial charge in [0.1, 0.15) is 11.2 Å². The first kappa shape index (κ1) is 27.6. The van der Waals surface area contributed by atoms with Gasteiger partial charge in [-0.1, -0.05) is 84.9 Å². The Kier molecular flexibility index (Phi) is 5.83. The maximum absolute atomic E-state index is 6.38. The van der Waals surface area contributed by atoms with Crippen molar-refractivity contribution in [1.29, 1.82) is 0 Å². The topological polar surface area (TPSA) is 21.3 Å². The second-order valence-corrected chi connectivity index (χ2v) is 14.1. The molecule has 11 rings (SSSR count). The largest absolute Gasteiger partial charge is 0.456 e. The van der Waals surface area contributed by atoms with Gasteiger partial charge in [-0.15, -0.1) is 11.3 Å². The Morgan fingerprint density at radius 3 is 1.88 bits per heavy atom. The quantitative estimate of drug-likeness (QED) is 0.188. The third-order valence-electron chi connectivity index (χ3n) is 10.1. The molecular weight excluding hydrogens is 629 g/mol. The van der Waals surface area contributed by atoms with E-state index in [4.69, 9.17) is 4.42 Å². The van der Waals surface area contributed by atoms with E-state index in [0.29, 0.717) is 0 Å². The van der Waals surface area contributed by atoms with Crippen LogP contribution in [0.2, 0.25) is 0 Å². The van der Waals surface area contributed by atoms with Gasteiger partial charge in [-0.3, -0.25) is 0 Å². The molecule has 0 radical (unpaired) electrons. The minimum absolute atomic E-state index is 0.880. The van der Waals surface area contributed by atoms with E-state index < -0.39 is 0 Å². The Hall–Kier alpha value is -6.36. The molecular formula is C46H28N2OS. The fraction of sp³-hybridized carbons (Fsp3) is 0. The summed E-state index contributed by atoms with van der Waals surface area (Å²) in [5, 5.41) is 9.87. The molecule has 0 saturated heterocycles. The van der Waals surface area contributed by atoms with Crippen LogP contribution < -0.4 is 4.90 Å². The van der Waals surface area contributed by atoms with Gasteiger partial charge in [-0.05, 0) is 89.6 Å². The second-order valence-electron chi connectivity index (χ2n) is 13.0. The number of fused-ring (bicyclic) bond motifs is 10. The summed E-state index contributed by atoms with van der Waals surface area (Å²) in [5.41, 5.74) is 8.56. The number of hydrogen-bond donors (Lipinski definition) is 0. The molecule has 0 aliphatic rings. The van der Waals surface area contributed by atoms with Crippen LogP contribution in [0.1, 0.15) is 0 Å². The SMILES string of the molecule is c1ccc2cc3c(cc2c1)c1ccccc1n3-c1ccc(N(c2ccc3c(c2)oc2ccccc23)c2ccc3c(c2)sc2ccccc23)cc1. The summed E-state index contributed by atoms with van der Waals surface area (Å²) in [5.74, 6) is 0. The van der Waals surface area contributed by atoms with Gasteiger partial charge in [0.05, 0.1) is 11.0 Å². The molecule has 0 N–H and O–H groups in total. The highest BCUT2D eigenvalue weighted by molar-refractivity contribution is 7.25. The Morgan fingerprint density at radius 1 is 0.400 bits per heavy atom. The van der Waals surface area contributed by atoms with Crippen LogP contribution in [0, 0.1) is 0 Å². The van der Waals surface area contributed by atoms with Crippen LogP contribution in [0.15, 0.2) is 174 Å². The summed E-state index contributed by atoms with van der Waals surface area (Å²) in [6.07, 6.45) is 0. The molecule has 4 heteroatoms. The summed E-state index contributed by atoms with van der Waals surface area (Å²) in [7, 11) is 0. The number of nitrogens with zero attached hydrogens (tertiary/aromatic N) is 2. The Morgan fingerprint density at radius 2 is 1.02 bits per heavy atom. The highest BCUT2D eigenvalue weighted by Crippen LogP contribution is 2.43. The lowest BCUT2D eigenvalue weighted by atomic mass is 10.1. The van der Waals surface area contributed by atoms with Crippen molar-refractivity contribution in [3.8, 4) is 5.69 Å². The molecule has 50 heavy (non-hydrogen) atoms. The zero-order valence-corrected chi connectivity index (χ0v) is 27.7. The number of hydrogen-bond acceptors (Lipinski definition) is 3. The Labute approximate surface area is 291 Å². The van der Waals surface area contributed by atoms with Gasteiger partial charge in [-0.25, -0.2) is 0 Å². The lowest BCUT2D eigenvalue weighted by Crippen LogP contribution is -2.10. The first-order chi connectivity index (χ1) is 24.8. The molecule has 3 nitrogen and oxygen atoms in total. The van der Waals surface area contributed by atoms with Crippen LogP contribution in [0.5, 0.6) is 0 Å². The van der Waals surface area contributed by atoms with E-state index in [1.54, 1.807) is 0 Å². The number of aromatic nitrogens is 1. The number of benzene rings is 8. The van der Waals surface area contributed by atoms with Crippen molar-refractivity contribution in [2.75, 3.05) is 4.90 Å². The van der Waals surface area contributed by atoms with E-state index in [-0.39, 0.29) is 0 Å². The Bertz CT molecular complexity index is 2990. The van der Waals surface area contributed by atoms with Crippen molar-refractivity contribution >= 4 is 103 Å². The van der Waals surface area contributed by atoms with Crippen LogP contribution in [0.3, 0.4) is 0 Å². The van der Waals surface area contributed by atoms with Crippen LogP contribution >= 0.6 is 11.3 Å². The standard InChI is InChI=1S/C46H28N2OS/c1-2-10-30-26-42-40(25-29(30)9-1)35-11-3-6-14-41(35)48(42)32-19-17-31(18-20-32)47(33-21-23-37-36-12-4-7-15-43(36)49-44(37)27-33)34-22-24-39-38-13-5-8-16-45(38)50-46(39)28-34/h1-28H. The van der Waals surface area contributed by atoms with Crippen LogP contribution in [0.4, 0.5) is 17.1 Å². The lowest BCUT2D eigenvalue weighted by Gasteiger charge is -2.26. The first-order valence-corrected chi connectivity index (χ1v) is 17.7. The van der Waals surface area contributed by atoms with E-state index in [1.165, 1.54) is 52.8 Å². The molecule has 0 aliphatic carbocycles. The summed E-state index contributed by atoms with van der Waals surface area (Å²) < 4.78 is 11.4. The summed E-state index contributed by atoms with van der Waals surface area (Å²) in [6, 6.07) is 61.4. The van der Waals surface area contributed by atoms with Gasteiger partial charge < -0.3 is 13.9 Å². The fourth-order valence-corrected chi connectivity index (χ4v) is 8.98. The van der Waals surface area contributed by atoms with Crippen molar-refractivity contribution in [2.45, 2.75) is 0 Å². The number of para-hydroxylation sites is 2. The molecule has 0 amide bonds. The average molecular weight is 657 g/mol. The smallest absolute Gasteiger partial charge is 0.137 e. The van der Waals surface area contributed by atoms with Crippen LogP contribution in [-0.2, 0) is 0 Å². The van der Waals surface area contributed by atoms with Gasteiger partial charge in [0.2, 0.25) is 0 Å². The van der Waals surface area contributed by atoms with Gasteiger partial charge in [0, 0.05) is 70.5 Å². The monoisotopic (exact) mass is 656 g/mol. The van der Waals surface area contributed by atoms with Crippen LogP contribution in [0.25, 0.3) is 80.4 Å². The molecule has 3 aromatic heterocycles. The van der Waals surface area contributed by atoms with Crippen molar-refractivity contribution < 1.29 is 4.42 Å². The normalized spacial score (nSPS) is 12.0. The number of anilines is 3. The third kappa shape index (κ3) is 4.09. The molecule has 0 bridgehead atoms. The van der Waals surface area contributed by atoms with Crippen molar-refractivity contribution in [3.63, 3.8) is 0 Å². The van der Waals surface area contributed by atoms with E-state index >= 15 is 0 Å². The predicted octanol–water partition coefficient (Wildman–Crippen LogP) is 13.7. The lowest BCUT2D eigenvalue weighted by molar-refractivity contribution is 0.669. The van der Waals surface area contributed by atoms with Crippen LogP contribution in [-0.4, -0.2) is 4.57 Å². The Balaban J connectivity index is 1.10. The summed E-state index contributed by atoms with van der Waals surface area (Å²) >= 11 is 1.84. The zero-order valence-electron chi connectivity index (χ0n) is 26.9. The highest BCUT2D eigenvalue weighted by Gasteiger charge is 2.18. The van der Waals surface area contributed by atoms with E-state index in [1.807, 2.05) is 23.5 Å². The molecule has 0 spiro atoms. The second kappa shape index (κ2) is 10.6. The van der Waals surface area contributed by atoms with E-state index in [2.05, 4.69) is 167 Å². The van der Waals surface area contributed by atoms with Gasteiger partial charge in [0.25, 0.3) is 0 Å². The first-order valence-electron chi connectivity index (χ1n) is 16.9. The van der Waals surface area contributed by atoms with E-state index in [0.717, 1.165) is 44.7 Å². The molecule has 0 atom stereocenters. The van der Waals surface area contributed by atoms with E-state index in [9.17, 15) is 0 Å². The highest BCUT2D eigenvalue weighted by atomic mass is 32.1. The summed E-state index contributed by atoms with van der Waals surface area (Å²) in [4.78, 5) is 2.35. The number of rotatable bonds is 4.